The van der Waals surface area contributed by atoms with Crippen LogP contribution in [0.25, 0.3) is 11.2 Å². The van der Waals surface area contributed by atoms with Crippen molar-refractivity contribution in [2.75, 3.05) is 5.32 Å². The largest absolute Gasteiger partial charge is 0.454 e. The van der Waals surface area contributed by atoms with Crippen LogP contribution in [0.3, 0.4) is 0 Å². The summed E-state index contributed by atoms with van der Waals surface area (Å²) in [6.07, 6.45) is -4.52. The maximum atomic E-state index is 12.3. The van der Waals surface area contributed by atoms with Gasteiger partial charge in [0.2, 0.25) is 18.0 Å². The number of amides is 1. The number of aromatic amines is 1. The average molecular weight is 435 g/mol. The molecule has 2 fully saturated rings. The van der Waals surface area contributed by atoms with Crippen molar-refractivity contribution in [1.82, 2.24) is 19.5 Å². The Morgan fingerprint density at radius 1 is 1.13 bits per heavy atom. The monoisotopic (exact) mass is 435 g/mol. The van der Waals surface area contributed by atoms with Crippen LogP contribution < -0.4 is 10.9 Å². The Morgan fingerprint density at radius 2 is 1.84 bits per heavy atom. The fraction of sp³-hybridized carbons (Fsp3) is 0.471. The fourth-order valence-electron chi connectivity index (χ4n) is 3.55. The molecular formula is C17H17N5O9. The number of nitrogens with zero attached hydrogens (tertiary/aromatic N) is 3. The summed E-state index contributed by atoms with van der Waals surface area (Å²) in [7, 11) is 0. The van der Waals surface area contributed by atoms with Crippen LogP contribution in [0.4, 0.5) is 5.95 Å². The van der Waals surface area contributed by atoms with Gasteiger partial charge in [-0.05, 0) is 0 Å². The molecular weight excluding hydrogens is 418 g/mol. The van der Waals surface area contributed by atoms with E-state index in [0.29, 0.717) is 0 Å². The minimum atomic E-state index is -1.35. The van der Waals surface area contributed by atoms with Gasteiger partial charge in [0.1, 0.15) is 6.10 Å². The van der Waals surface area contributed by atoms with E-state index in [1.165, 1.54) is 17.8 Å². The summed E-state index contributed by atoms with van der Waals surface area (Å²) in [6, 6.07) is 0. The van der Waals surface area contributed by atoms with E-state index in [-0.39, 0.29) is 17.1 Å². The van der Waals surface area contributed by atoms with Gasteiger partial charge in [0, 0.05) is 20.8 Å². The molecule has 14 nitrogen and oxygen atoms in total. The Bertz CT molecular complexity index is 1150. The van der Waals surface area contributed by atoms with Crippen LogP contribution in [-0.4, -0.2) is 67.7 Å². The summed E-state index contributed by atoms with van der Waals surface area (Å²) in [6.45, 7) is 3.53. The molecule has 2 aliphatic heterocycles. The topological polar surface area (TPSA) is 181 Å². The summed E-state index contributed by atoms with van der Waals surface area (Å²) in [5.74, 6) is -2.83. The zero-order chi connectivity index (χ0) is 22.4. The Hall–Kier alpha value is -3.81. The maximum absolute atomic E-state index is 12.3. The molecule has 164 valence electrons. The van der Waals surface area contributed by atoms with Gasteiger partial charge in [-0.2, -0.15) is 4.98 Å². The molecule has 2 N–H and O–H groups in total. The number of fused-ring (bicyclic) bond motifs is 2. The number of H-pyrrole nitrogens is 1. The number of nitrogens with one attached hydrogen (secondary N) is 2. The number of rotatable bonds is 4. The molecule has 1 amide bonds. The quantitative estimate of drug-likeness (QED) is 0.433. The third kappa shape index (κ3) is 3.61. The Morgan fingerprint density at radius 3 is 2.48 bits per heavy atom. The van der Waals surface area contributed by atoms with Crippen molar-refractivity contribution in [2.45, 2.75) is 51.4 Å². The van der Waals surface area contributed by atoms with E-state index < -0.39 is 60.0 Å². The summed E-state index contributed by atoms with van der Waals surface area (Å²) in [4.78, 5) is 69.4. The second-order valence-corrected chi connectivity index (χ2v) is 6.92. The van der Waals surface area contributed by atoms with Gasteiger partial charge in [-0.15, -0.1) is 0 Å². The molecule has 0 bridgehead atoms. The van der Waals surface area contributed by atoms with Crippen molar-refractivity contribution in [1.29, 1.82) is 0 Å². The van der Waals surface area contributed by atoms with E-state index in [1.807, 2.05) is 0 Å². The van der Waals surface area contributed by atoms with Crippen molar-refractivity contribution < 1.29 is 38.1 Å². The molecule has 0 aliphatic carbocycles. The average Bonchev–Trinajstić information content (AvgIpc) is 3.29. The molecule has 0 radical (unpaired) electrons. The van der Waals surface area contributed by atoms with Crippen LogP contribution in [0.5, 0.6) is 0 Å². The van der Waals surface area contributed by atoms with Gasteiger partial charge in [0.25, 0.3) is 5.56 Å². The first kappa shape index (κ1) is 20.5. The number of hydrogen-bond acceptors (Lipinski definition) is 11. The van der Waals surface area contributed by atoms with E-state index >= 15 is 0 Å². The molecule has 5 atom stereocenters. The smallest absolute Gasteiger partial charge is 0.350 e. The predicted octanol–water partition coefficient (Wildman–Crippen LogP) is -1.24. The standard InChI is InChI=1S/C17H17N5O9/c1-5(23)19-17-20-13-8(14(26)21-17)18-4-22(13)15-11(28-6(2)24)9-10(30-15)12(16(27)31-9)29-7(3)25/h4,9-12,15H,1-3H3,(H2,19,20,21,23,26)/t9-,10+,11+,12-,15-/m0/s1. The number of esters is 3. The first-order chi connectivity index (χ1) is 14.7. The Balaban J connectivity index is 1.76. The third-order valence-corrected chi connectivity index (χ3v) is 4.60. The van der Waals surface area contributed by atoms with Crippen LogP contribution in [0.2, 0.25) is 0 Å². The molecule has 4 heterocycles. The molecule has 2 saturated heterocycles. The fourth-order valence-corrected chi connectivity index (χ4v) is 3.55. The lowest BCUT2D eigenvalue weighted by Gasteiger charge is -2.22. The number of imidazole rings is 1. The molecule has 2 aromatic rings. The number of anilines is 1. The van der Waals surface area contributed by atoms with Crippen LogP contribution >= 0.6 is 0 Å². The van der Waals surface area contributed by atoms with Crippen LogP contribution in [0.1, 0.15) is 27.0 Å². The van der Waals surface area contributed by atoms with Gasteiger partial charge in [0.05, 0.1) is 6.33 Å². The second-order valence-electron chi connectivity index (χ2n) is 6.92. The summed E-state index contributed by atoms with van der Waals surface area (Å²) in [5, 5.41) is 2.36. The van der Waals surface area contributed by atoms with E-state index in [2.05, 4.69) is 20.3 Å². The minimum Gasteiger partial charge on any atom is -0.454 e. The van der Waals surface area contributed by atoms with Gasteiger partial charge in [-0.25, -0.2) is 9.78 Å². The van der Waals surface area contributed by atoms with Gasteiger partial charge < -0.3 is 18.9 Å². The highest BCUT2D eigenvalue weighted by molar-refractivity contribution is 5.87. The minimum absolute atomic E-state index is 0.0185. The summed E-state index contributed by atoms with van der Waals surface area (Å²) >= 11 is 0. The lowest BCUT2D eigenvalue weighted by molar-refractivity contribution is -0.174. The van der Waals surface area contributed by atoms with Gasteiger partial charge in [-0.1, -0.05) is 0 Å². The van der Waals surface area contributed by atoms with Crippen molar-refractivity contribution in [3.63, 3.8) is 0 Å². The molecule has 0 aromatic carbocycles. The number of carbonyl (C=O) groups excluding carboxylic acids is 4. The van der Waals surface area contributed by atoms with E-state index in [1.54, 1.807) is 0 Å². The Labute approximate surface area is 172 Å². The number of aromatic nitrogens is 4. The normalized spacial score (nSPS) is 26.9. The van der Waals surface area contributed by atoms with Crippen molar-refractivity contribution >= 4 is 40.9 Å². The van der Waals surface area contributed by atoms with E-state index in [9.17, 15) is 24.0 Å². The molecule has 14 heteroatoms. The lowest BCUT2D eigenvalue weighted by Crippen LogP contribution is -2.36. The zero-order valence-electron chi connectivity index (χ0n) is 16.5. The molecule has 0 unspecified atom stereocenters. The van der Waals surface area contributed by atoms with Crippen molar-refractivity contribution in [2.24, 2.45) is 0 Å². The van der Waals surface area contributed by atoms with Gasteiger partial charge in [-0.3, -0.25) is 34.0 Å². The van der Waals surface area contributed by atoms with Crippen LogP contribution in [0, 0.1) is 0 Å². The first-order valence-electron chi connectivity index (χ1n) is 9.10. The molecule has 2 aromatic heterocycles. The summed E-state index contributed by atoms with van der Waals surface area (Å²) in [5.41, 5.74) is -0.672. The zero-order valence-corrected chi connectivity index (χ0v) is 16.5. The number of hydrogen-bond donors (Lipinski definition) is 2. The molecule has 0 spiro atoms. The van der Waals surface area contributed by atoms with Crippen LogP contribution in [-0.2, 0) is 38.1 Å². The van der Waals surface area contributed by atoms with Gasteiger partial charge >= 0.3 is 17.9 Å². The van der Waals surface area contributed by atoms with Crippen LogP contribution in [0.15, 0.2) is 11.1 Å². The number of carbonyl (C=O) groups is 4. The number of ether oxygens (including phenoxy) is 4. The molecule has 4 rings (SSSR count). The lowest BCUT2D eigenvalue weighted by atomic mass is 10.1. The van der Waals surface area contributed by atoms with E-state index in [0.717, 1.165) is 13.8 Å². The molecule has 0 saturated carbocycles. The SMILES string of the molecule is CC(=O)Nc1nc2c(ncn2[C@H]2O[C@@H]3[C@H](OC(=O)[C@H]3OC(C)=O)[C@H]2OC(C)=O)c(=O)[nH]1. The first-order valence-corrected chi connectivity index (χ1v) is 9.10. The highest BCUT2D eigenvalue weighted by Gasteiger charge is 2.61. The highest BCUT2D eigenvalue weighted by Crippen LogP contribution is 2.41. The maximum Gasteiger partial charge on any atom is 0.350 e. The van der Waals surface area contributed by atoms with Crippen molar-refractivity contribution in [3.8, 4) is 0 Å². The second kappa shape index (κ2) is 7.46. The molecule has 2 aliphatic rings. The summed E-state index contributed by atoms with van der Waals surface area (Å²) < 4.78 is 22.8. The van der Waals surface area contributed by atoms with Gasteiger partial charge in [0.15, 0.2) is 29.6 Å². The molecule has 31 heavy (non-hydrogen) atoms. The Kier molecular flexibility index (Phi) is 4.93. The third-order valence-electron chi connectivity index (χ3n) is 4.60. The van der Waals surface area contributed by atoms with E-state index in [4.69, 9.17) is 18.9 Å². The predicted molar refractivity (Wildman–Crippen MR) is 97.4 cm³/mol. The van der Waals surface area contributed by atoms with Crippen molar-refractivity contribution in [3.05, 3.63) is 16.7 Å². The highest BCUT2D eigenvalue weighted by atomic mass is 16.7.